The lowest BCUT2D eigenvalue weighted by molar-refractivity contribution is 0.338. The average Bonchev–Trinajstić information content (AvgIpc) is 2.98. The summed E-state index contributed by atoms with van der Waals surface area (Å²) in [6.45, 7) is 2.39. The fourth-order valence-electron chi connectivity index (χ4n) is 1.50. The van der Waals surface area contributed by atoms with E-state index in [1.807, 2.05) is 13.0 Å². The van der Waals surface area contributed by atoms with E-state index >= 15 is 0 Å². The van der Waals surface area contributed by atoms with Crippen molar-refractivity contribution in [2.75, 3.05) is 11.9 Å². The fourth-order valence-corrected chi connectivity index (χ4v) is 2.47. The Morgan fingerprint density at radius 3 is 3.00 bits per heavy atom. The van der Waals surface area contributed by atoms with Crippen molar-refractivity contribution in [2.24, 2.45) is 0 Å². The molecule has 0 saturated carbocycles. The van der Waals surface area contributed by atoms with Crippen LogP contribution in [-0.4, -0.2) is 27.2 Å². The molecule has 0 bridgehead atoms. The van der Waals surface area contributed by atoms with Crippen LogP contribution in [0.5, 0.6) is 5.75 Å². The molecule has 0 unspecified atom stereocenters. The Labute approximate surface area is 134 Å². The number of aromatic nitrogens is 4. The van der Waals surface area contributed by atoms with Gasteiger partial charge < -0.3 is 10.1 Å². The highest BCUT2D eigenvalue weighted by Crippen LogP contribution is 2.36. The molecule has 0 fully saturated rings. The van der Waals surface area contributed by atoms with Gasteiger partial charge in [-0.25, -0.2) is 0 Å². The maximum absolute atomic E-state index is 9.06. The number of tetrazole rings is 1. The number of rotatable bonds is 5. The smallest absolute Gasteiger partial charge is 0.216 e. The van der Waals surface area contributed by atoms with Crippen LogP contribution in [0.25, 0.3) is 5.57 Å². The summed E-state index contributed by atoms with van der Waals surface area (Å²) in [6, 6.07) is 5.46. The number of anilines is 1. The molecule has 2 N–H and O–H groups in total. The molecule has 2 aromatic rings. The lowest BCUT2D eigenvalue weighted by Gasteiger charge is -2.10. The molecule has 2 rings (SSSR count). The van der Waals surface area contributed by atoms with E-state index in [4.69, 9.17) is 21.6 Å². The van der Waals surface area contributed by atoms with E-state index in [1.54, 1.807) is 12.1 Å². The number of H-pyrrole nitrogens is 1. The third-order valence-electron chi connectivity index (χ3n) is 2.38. The Bertz CT molecular complexity index is 671. The molecule has 0 spiro atoms. The number of hydrogen-bond acceptors (Lipinski definition) is 6. The van der Waals surface area contributed by atoms with Gasteiger partial charge in [-0.15, -0.1) is 10.2 Å². The van der Waals surface area contributed by atoms with Gasteiger partial charge in [0.05, 0.1) is 16.1 Å². The summed E-state index contributed by atoms with van der Waals surface area (Å²) in [5, 5.41) is 25.7. The van der Waals surface area contributed by atoms with Crippen molar-refractivity contribution in [3.05, 3.63) is 33.7 Å². The third kappa shape index (κ3) is 3.71. The molecule has 1 heterocycles. The minimum Gasteiger partial charge on any atom is -0.491 e. The van der Waals surface area contributed by atoms with Crippen LogP contribution >= 0.6 is 27.5 Å². The highest BCUT2D eigenvalue weighted by molar-refractivity contribution is 9.10. The number of nitrogens with one attached hydrogen (secondary N) is 2. The van der Waals surface area contributed by atoms with Crippen molar-refractivity contribution < 1.29 is 4.74 Å². The first-order chi connectivity index (χ1) is 10.2. The summed E-state index contributed by atoms with van der Waals surface area (Å²) in [6.07, 6.45) is 1.48. The van der Waals surface area contributed by atoms with Crippen LogP contribution in [-0.2, 0) is 0 Å². The molecule has 0 radical (unpaired) electrons. The van der Waals surface area contributed by atoms with Gasteiger partial charge in [0.15, 0.2) is 5.75 Å². The number of ether oxygens (including phenoxy) is 1. The molecule has 0 aliphatic rings. The predicted molar refractivity (Wildman–Crippen MR) is 81.7 cm³/mol. The van der Waals surface area contributed by atoms with E-state index in [0.717, 1.165) is 0 Å². The maximum Gasteiger partial charge on any atom is 0.216 e. The maximum atomic E-state index is 9.06. The molecule has 9 heteroatoms. The van der Waals surface area contributed by atoms with Gasteiger partial charge in [0.1, 0.15) is 11.6 Å². The summed E-state index contributed by atoms with van der Waals surface area (Å²) in [5.41, 5.74) is 0.927. The van der Waals surface area contributed by atoms with Gasteiger partial charge >= 0.3 is 0 Å². The first-order valence-corrected chi connectivity index (χ1v) is 7.05. The van der Waals surface area contributed by atoms with Gasteiger partial charge in [0, 0.05) is 11.9 Å². The van der Waals surface area contributed by atoms with Crippen LogP contribution < -0.4 is 10.1 Å². The lowest BCUT2D eigenvalue weighted by Crippen LogP contribution is -1.96. The van der Waals surface area contributed by atoms with Gasteiger partial charge in [-0.1, -0.05) is 11.6 Å². The Kier molecular flexibility index (Phi) is 5.14. The Balaban J connectivity index is 2.22. The Morgan fingerprint density at radius 1 is 1.62 bits per heavy atom. The number of halogens is 2. The van der Waals surface area contributed by atoms with Crippen LogP contribution in [0.15, 0.2) is 22.8 Å². The summed E-state index contributed by atoms with van der Waals surface area (Å²) >= 11 is 9.53. The zero-order valence-corrected chi connectivity index (χ0v) is 13.2. The van der Waals surface area contributed by atoms with Crippen LogP contribution in [0.4, 0.5) is 5.69 Å². The highest BCUT2D eigenvalue weighted by atomic mass is 79.9. The minimum absolute atomic E-state index is 0.209. The molecule has 21 heavy (non-hydrogen) atoms. The Hall–Kier alpha value is -2.11. The van der Waals surface area contributed by atoms with E-state index in [0.29, 0.717) is 27.5 Å². The van der Waals surface area contributed by atoms with Gasteiger partial charge in [0.2, 0.25) is 5.82 Å². The normalized spacial score (nSPS) is 11.0. The van der Waals surface area contributed by atoms with Crippen molar-refractivity contribution in [3.8, 4) is 11.8 Å². The average molecular weight is 370 g/mol. The van der Waals surface area contributed by atoms with Crippen LogP contribution in [0, 0.1) is 11.3 Å². The SMILES string of the molecule is CCOc1c(Cl)cc(NC=C(C#N)c2nn[nH]n2)cc1Br. The molecule has 0 saturated heterocycles. The summed E-state index contributed by atoms with van der Waals surface area (Å²) in [7, 11) is 0. The molecule has 7 nitrogen and oxygen atoms in total. The third-order valence-corrected chi connectivity index (χ3v) is 3.25. The first kappa shape index (κ1) is 15.3. The monoisotopic (exact) mass is 368 g/mol. The van der Waals surface area contributed by atoms with E-state index in [9.17, 15) is 0 Å². The van der Waals surface area contributed by atoms with Crippen LogP contribution in [0.2, 0.25) is 5.02 Å². The number of allylic oxidation sites excluding steroid dienone is 1. The van der Waals surface area contributed by atoms with Crippen molar-refractivity contribution in [1.82, 2.24) is 20.6 Å². The van der Waals surface area contributed by atoms with Gasteiger partial charge in [0.25, 0.3) is 0 Å². The second-order valence-corrected chi connectivity index (χ2v) is 5.01. The van der Waals surface area contributed by atoms with E-state index in [2.05, 4.69) is 41.9 Å². The fraction of sp³-hybridized carbons (Fsp3) is 0.167. The molecule has 108 valence electrons. The number of nitriles is 1. The molecule has 1 aromatic carbocycles. The predicted octanol–water partition coefficient (Wildman–Crippen LogP) is 2.99. The number of benzene rings is 1. The molecule has 0 aliphatic heterocycles. The van der Waals surface area contributed by atoms with E-state index < -0.39 is 0 Å². The summed E-state index contributed by atoms with van der Waals surface area (Å²) in [5.74, 6) is 0.786. The van der Waals surface area contributed by atoms with Gasteiger partial charge in [-0.05, 0) is 40.2 Å². The minimum atomic E-state index is 0.209. The largest absolute Gasteiger partial charge is 0.491 e. The quantitative estimate of drug-likeness (QED) is 0.786. The number of hydrogen-bond donors (Lipinski definition) is 2. The zero-order chi connectivity index (χ0) is 15.2. The van der Waals surface area contributed by atoms with Gasteiger partial charge in [-0.2, -0.15) is 10.5 Å². The van der Waals surface area contributed by atoms with E-state index in [-0.39, 0.29) is 11.4 Å². The molecule has 0 atom stereocenters. The number of nitrogens with zero attached hydrogens (tertiary/aromatic N) is 4. The second-order valence-electron chi connectivity index (χ2n) is 3.75. The van der Waals surface area contributed by atoms with E-state index in [1.165, 1.54) is 6.20 Å². The van der Waals surface area contributed by atoms with Crippen molar-refractivity contribution >= 4 is 38.8 Å². The summed E-state index contributed by atoms with van der Waals surface area (Å²) in [4.78, 5) is 0. The topological polar surface area (TPSA) is 99.5 Å². The molecule has 0 amide bonds. The molecule has 1 aromatic heterocycles. The molecular formula is C12H10BrClN6O. The standard InChI is InChI=1S/C12H10BrClN6O/c1-2-21-11-9(13)3-8(4-10(11)14)16-6-7(5-15)12-17-19-20-18-12/h3-4,6,16H,2H2,1H3,(H,17,18,19,20). The highest BCUT2D eigenvalue weighted by Gasteiger charge is 2.09. The zero-order valence-electron chi connectivity index (χ0n) is 10.9. The summed E-state index contributed by atoms with van der Waals surface area (Å²) < 4.78 is 6.14. The van der Waals surface area contributed by atoms with Crippen LogP contribution in [0.1, 0.15) is 12.7 Å². The second kappa shape index (κ2) is 7.06. The Morgan fingerprint density at radius 2 is 2.43 bits per heavy atom. The molecule has 0 aliphatic carbocycles. The van der Waals surface area contributed by atoms with Crippen LogP contribution in [0.3, 0.4) is 0 Å². The molecular weight excluding hydrogens is 360 g/mol. The van der Waals surface area contributed by atoms with Crippen molar-refractivity contribution in [3.63, 3.8) is 0 Å². The van der Waals surface area contributed by atoms with Crippen molar-refractivity contribution in [1.29, 1.82) is 5.26 Å². The lowest BCUT2D eigenvalue weighted by atomic mass is 10.2. The number of aromatic amines is 1. The van der Waals surface area contributed by atoms with Crippen molar-refractivity contribution in [2.45, 2.75) is 6.92 Å². The van der Waals surface area contributed by atoms with Gasteiger partial charge in [-0.3, -0.25) is 0 Å². The first-order valence-electron chi connectivity index (χ1n) is 5.88.